The van der Waals surface area contributed by atoms with Crippen molar-refractivity contribution in [3.63, 3.8) is 0 Å². The monoisotopic (exact) mass is 970 g/mol. The van der Waals surface area contributed by atoms with Crippen LogP contribution in [0.15, 0.2) is 235 Å². The number of furan rings is 1. The summed E-state index contributed by atoms with van der Waals surface area (Å²) < 4.78 is 14.6. The van der Waals surface area contributed by atoms with Crippen LogP contribution in [0.2, 0.25) is 0 Å². The summed E-state index contributed by atoms with van der Waals surface area (Å²) in [5.74, 6) is 0. The van der Waals surface area contributed by atoms with E-state index in [0.717, 1.165) is 56.1 Å². The maximum Gasteiger partial charge on any atom is 0.137 e. The molecule has 336 valence electrons. The van der Waals surface area contributed by atoms with E-state index in [2.05, 4.69) is 240 Å². The smallest absolute Gasteiger partial charge is 0.137 e. The van der Waals surface area contributed by atoms with E-state index in [-0.39, 0.29) is 0 Å². The molecule has 0 fully saturated rings. The Morgan fingerprint density at radius 2 is 0.694 bits per heavy atom. The molecule has 3 nitrogen and oxygen atoms in total. The maximum atomic E-state index is 6.83. The first-order valence-corrected chi connectivity index (χ1v) is 26.7. The Morgan fingerprint density at radius 1 is 0.236 bits per heavy atom. The molecule has 4 heterocycles. The van der Waals surface area contributed by atoms with Gasteiger partial charge in [-0.1, -0.05) is 103 Å². The van der Waals surface area contributed by atoms with E-state index >= 15 is 0 Å². The second kappa shape index (κ2) is 15.5. The van der Waals surface area contributed by atoms with E-state index in [1.54, 1.807) is 0 Å². The largest absolute Gasteiger partial charge is 0.456 e. The summed E-state index contributed by atoms with van der Waals surface area (Å²) in [5, 5.41) is 17.5. The van der Waals surface area contributed by atoms with Gasteiger partial charge in [0, 0.05) is 111 Å². The first kappa shape index (κ1) is 40.2. The second-order valence-corrected chi connectivity index (χ2v) is 22.1. The summed E-state index contributed by atoms with van der Waals surface area (Å²) in [6.07, 6.45) is 0. The van der Waals surface area contributed by atoms with Crippen molar-refractivity contribution in [3.8, 4) is 0 Å². The van der Waals surface area contributed by atoms with Gasteiger partial charge in [-0.15, -0.1) is 34.0 Å². The van der Waals surface area contributed by atoms with Crippen LogP contribution in [0, 0.1) is 0 Å². The third-order valence-electron chi connectivity index (χ3n) is 14.7. The fraction of sp³-hybridized carbons (Fsp3) is 0. The number of fused-ring (bicyclic) bond motifs is 17. The highest BCUT2D eigenvalue weighted by Crippen LogP contribution is 2.47. The second-order valence-electron chi connectivity index (χ2n) is 18.8. The van der Waals surface area contributed by atoms with Crippen LogP contribution < -0.4 is 9.80 Å². The van der Waals surface area contributed by atoms with Crippen LogP contribution in [0.3, 0.4) is 0 Å². The number of hydrogen-bond acceptors (Lipinski definition) is 6. The molecule has 0 aliphatic rings. The Bertz CT molecular complexity index is 4580. The molecule has 0 amide bonds. The predicted octanol–water partition coefficient (Wildman–Crippen LogP) is 21.1. The average molecular weight is 971 g/mol. The Labute approximate surface area is 424 Å². The summed E-state index contributed by atoms with van der Waals surface area (Å²) in [6.45, 7) is 0. The minimum atomic E-state index is 0.870. The van der Waals surface area contributed by atoms with Gasteiger partial charge in [-0.3, -0.25) is 0 Å². The van der Waals surface area contributed by atoms with Crippen molar-refractivity contribution in [2.24, 2.45) is 0 Å². The molecule has 16 rings (SSSR count). The van der Waals surface area contributed by atoms with E-state index in [4.69, 9.17) is 4.42 Å². The normalized spacial score (nSPS) is 12.2. The highest BCUT2D eigenvalue weighted by atomic mass is 32.1. The molecule has 16 aromatic rings. The number of para-hydroxylation sites is 2. The first-order valence-electron chi connectivity index (χ1n) is 24.3. The Balaban J connectivity index is 0.795. The van der Waals surface area contributed by atoms with E-state index in [1.165, 1.54) is 92.8 Å². The number of thiophene rings is 3. The summed E-state index contributed by atoms with van der Waals surface area (Å²) in [4.78, 5) is 4.76. The minimum absolute atomic E-state index is 0.870. The molecule has 0 aliphatic heterocycles. The highest BCUT2D eigenvalue weighted by molar-refractivity contribution is 7.26. The third kappa shape index (κ3) is 6.13. The van der Waals surface area contributed by atoms with Gasteiger partial charge in [0.2, 0.25) is 0 Å². The number of rotatable bonds is 6. The van der Waals surface area contributed by atoms with Crippen molar-refractivity contribution < 1.29 is 4.42 Å². The van der Waals surface area contributed by atoms with Gasteiger partial charge < -0.3 is 14.2 Å². The van der Waals surface area contributed by atoms with Crippen LogP contribution in [0.25, 0.3) is 115 Å². The molecule has 0 N–H and O–H groups in total. The lowest BCUT2D eigenvalue weighted by Crippen LogP contribution is -2.09. The van der Waals surface area contributed by atoms with Gasteiger partial charge in [-0.25, -0.2) is 0 Å². The van der Waals surface area contributed by atoms with Gasteiger partial charge in [0.05, 0.1) is 0 Å². The zero-order valence-corrected chi connectivity index (χ0v) is 40.9. The topological polar surface area (TPSA) is 19.6 Å². The van der Waals surface area contributed by atoms with Crippen molar-refractivity contribution in [1.29, 1.82) is 0 Å². The molecule has 6 heteroatoms. The summed E-state index contributed by atoms with van der Waals surface area (Å²) in [7, 11) is 0. The van der Waals surface area contributed by atoms with Crippen LogP contribution in [0.4, 0.5) is 34.1 Å². The number of nitrogens with zero attached hydrogens (tertiary/aromatic N) is 2. The minimum Gasteiger partial charge on any atom is -0.456 e. The van der Waals surface area contributed by atoms with Crippen molar-refractivity contribution in [2.75, 3.05) is 9.80 Å². The molecule has 0 saturated heterocycles. The Hall–Kier alpha value is -8.52. The van der Waals surface area contributed by atoms with Crippen LogP contribution >= 0.6 is 34.0 Å². The molecule has 0 aliphatic carbocycles. The fourth-order valence-corrected chi connectivity index (χ4v) is 14.8. The molecule has 0 bridgehead atoms. The predicted molar refractivity (Wildman–Crippen MR) is 314 cm³/mol. The highest BCUT2D eigenvalue weighted by Gasteiger charge is 2.21. The van der Waals surface area contributed by atoms with Gasteiger partial charge in [0.1, 0.15) is 11.2 Å². The van der Waals surface area contributed by atoms with E-state index in [0.29, 0.717) is 0 Å². The Kier molecular flexibility index (Phi) is 8.66. The van der Waals surface area contributed by atoms with Gasteiger partial charge in [-0.05, 0) is 154 Å². The molecule has 12 aromatic carbocycles. The lowest BCUT2D eigenvalue weighted by Gasteiger charge is -2.25. The van der Waals surface area contributed by atoms with Gasteiger partial charge >= 0.3 is 0 Å². The van der Waals surface area contributed by atoms with Crippen LogP contribution in [0.1, 0.15) is 0 Å². The molecule has 0 spiro atoms. The van der Waals surface area contributed by atoms with Gasteiger partial charge in [-0.2, -0.15) is 0 Å². The summed E-state index contributed by atoms with van der Waals surface area (Å²) in [6, 6.07) is 84.8. The molecular formula is C66H38N2OS3. The zero-order chi connectivity index (χ0) is 47.0. The van der Waals surface area contributed by atoms with Crippen LogP contribution in [-0.4, -0.2) is 0 Å². The van der Waals surface area contributed by atoms with Crippen LogP contribution in [-0.2, 0) is 0 Å². The van der Waals surface area contributed by atoms with E-state index in [1.807, 2.05) is 34.0 Å². The molecule has 0 atom stereocenters. The fourth-order valence-electron chi connectivity index (χ4n) is 11.4. The van der Waals surface area contributed by atoms with Crippen molar-refractivity contribution >= 4 is 183 Å². The lowest BCUT2D eigenvalue weighted by atomic mass is 10.0. The standard InChI is InChI=1S/C66H38N2OS3/c1-3-13-43(14-4-1)67(45-23-29-59-55(35-45)65-49-17-9-7-11-39(49)19-27-61(65)70-59)47-21-25-51-53-31-42-34-63-54(32-41(42)33-57(53)69-58(51)37-47)52-26-22-48(38-64(52)72-63)68(44-15-5-2-6-16-44)46-24-30-60-56(36-46)66-50-18-10-8-12-40(50)20-28-62(66)71-60/h1-38H. The Morgan fingerprint density at radius 3 is 1.32 bits per heavy atom. The number of benzene rings is 12. The lowest BCUT2D eigenvalue weighted by molar-refractivity contribution is 0.669. The molecule has 0 saturated carbocycles. The average Bonchev–Trinajstić information content (AvgIpc) is 4.20. The molecule has 4 aromatic heterocycles. The number of hydrogen-bond donors (Lipinski definition) is 0. The summed E-state index contributed by atoms with van der Waals surface area (Å²) in [5.41, 5.74) is 8.42. The zero-order valence-electron chi connectivity index (χ0n) is 38.5. The SMILES string of the molecule is c1ccc(N(c2ccc3c(c2)oc2cc4cc5c(cc4cc23)sc2cc(N(c3ccccc3)c3ccc4sc6ccc7ccccc7c6c4c3)ccc25)c2ccc3sc4ccc5ccccc5c4c3c2)cc1. The van der Waals surface area contributed by atoms with Crippen molar-refractivity contribution in [3.05, 3.63) is 231 Å². The third-order valence-corrected chi connectivity index (χ3v) is 18.1. The number of anilines is 6. The van der Waals surface area contributed by atoms with Gasteiger partial charge in [0.25, 0.3) is 0 Å². The van der Waals surface area contributed by atoms with Crippen molar-refractivity contribution in [1.82, 2.24) is 0 Å². The van der Waals surface area contributed by atoms with Crippen LogP contribution in [0.5, 0.6) is 0 Å². The maximum absolute atomic E-state index is 6.83. The van der Waals surface area contributed by atoms with E-state index < -0.39 is 0 Å². The quantitative estimate of drug-likeness (QED) is 0.166. The molecule has 72 heavy (non-hydrogen) atoms. The molecule has 0 radical (unpaired) electrons. The van der Waals surface area contributed by atoms with Gasteiger partial charge in [0.15, 0.2) is 0 Å². The molecule has 0 unspecified atom stereocenters. The van der Waals surface area contributed by atoms with E-state index in [9.17, 15) is 0 Å². The summed E-state index contributed by atoms with van der Waals surface area (Å²) >= 11 is 5.60. The molecular weight excluding hydrogens is 933 g/mol. The van der Waals surface area contributed by atoms with Crippen molar-refractivity contribution in [2.45, 2.75) is 0 Å². The first-order chi connectivity index (χ1) is 35.6.